The average Bonchev–Trinajstić information content (AvgIpc) is 3.30. The zero-order valence-corrected chi connectivity index (χ0v) is 17.6. The van der Waals surface area contributed by atoms with Crippen molar-refractivity contribution in [3.63, 3.8) is 0 Å². The molecule has 0 radical (unpaired) electrons. The number of aliphatic imine (C=N–C) groups is 1. The smallest absolute Gasteiger partial charge is 0.264 e. The number of rotatable bonds is 5. The topological polar surface area (TPSA) is 63.8 Å². The highest BCUT2D eigenvalue weighted by Crippen LogP contribution is 2.33. The lowest BCUT2D eigenvalue weighted by molar-refractivity contribution is -0.115. The second kappa shape index (κ2) is 8.82. The van der Waals surface area contributed by atoms with Gasteiger partial charge in [0.05, 0.1) is 17.7 Å². The van der Waals surface area contributed by atoms with Crippen molar-refractivity contribution in [2.24, 2.45) is 4.99 Å². The number of nitrogens with one attached hydrogen (secondary N) is 1. The molecule has 0 saturated carbocycles. The zero-order valence-electron chi connectivity index (χ0n) is 15.2. The van der Waals surface area contributed by atoms with E-state index in [0.29, 0.717) is 20.9 Å². The molecule has 2 aromatic carbocycles. The number of furan rings is 1. The molecule has 29 heavy (non-hydrogen) atoms. The van der Waals surface area contributed by atoms with E-state index in [1.54, 1.807) is 13.2 Å². The van der Waals surface area contributed by atoms with Gasteiger partial charge >= 0.3 is 0 Å². The van der Waals surface area contributed by atoms with Crippen LogP contribution in [0.15, 0.2) is 85.0 Å². The standard InChI is InChI=1S/C21H15ClN2O3S2/c1-26-15-6-4-14(5-7-15)23-21-24-20(25)18(29-21)12-16-8-11-19(27-16)28-17-9-2-13(22)3-10-17/h2-12H,1H3,(H,23,24,25). The molecule has 146 valence electrons. The minimum absolute atomic E-state index is 0.203. The predicted octanol–water partition coefficient (Wildman–Crippen LogP) is 5.98. The van der Waals surface area contributed by atoms with Crippen molar-refractivity contribution in [1.82, 2.24) is 5.32 Å². The van der Waals surface area contributed by atoms with Crippen LogP contribution in [0.3, 0.4) is 0 Å². The molecule has 1 fully saturated rings. The SMILES string of the molecule is COc1ccc(N=C2NC(=O)C(=Cc3ccc(Sc4ccc(Cl)cc4)o3)S2)cc1. The van der Waals surface area contributed by atoms with Crippen LogP contribution in [-0.4, -0.2) is 18.2 Å². The van der Waals surface area contributed by atoms with Gasteiger partial charge in [-0.1, -0.05) is 23.4 Å². The van der Waals surface area contributed by atoms with Crippen molar-refractivity contribution < 1.29 is 13.9 Å². The summed E-state index contributed by atoms with van der Waals surface area (Å²) in [5.41, 5.74) is 0.731. The first-order valence-electron chi connectivity index (χ1n) is 8.56. The number of ether oxygens (including phenoxy) is 1. The summed E-state index contributed by atoms with van der Waals surface area (Å²) in [6.45, 7) is 0. The largest absolute Gasteiger partial charge is 0.497 e. The first-order chi connectivity index (χ1) is 14.1. The molecule has 0 unspecified atom stereocenters. The van der Waals surface area contributed by atoms with Gasteiger partial charge in [-0.15, -0.1) is 0 Å². The average molecular weight is 443 g/mol. The van der Waals surface area contributed by atoms with Crippen LogP contribution < -0.4 is 10.1 Å². The molecule has 3 aromatic rings. The molecule has 0 bridgehead atoms. The molecule has 1 aromatic heterocycles. The first kappa shape index (κ1) is 19.7. The number of methoxy groups -OCH3 is 1. The van der Waals surface area contributed by atoms with Crippen LogP contribution in [0.25, 0.3) is 6.08 Å². The minimum atomic E-state index is -0.203. The third-order valence-corrected chi connectivity index (χ3v) is 5.95. The molecular formula is C21H15ClN2O3S2. The number of nitrogens with zero attached hydrogens (tertiary/aromatic N) is 1. The van der Waals surface area contributed by atoms with Crippen molar-refractivity contribution in [2.75, 3.05) is 7.11 Å². The Hall–Kier alpha value is -2.61. The maximum Gasteiger partial charge on any atom is 0.264 e. The highest BCUT2D eigenvalue weighted by Gasteiger charge is 2.24. The van der Waals surface area contributed by atoms with E-state index in [1.807, 2.05) is 60.7 Å². The summed E-state index contributed by atoms with van der Waals surface area (Å²) in [6.07, 6.45) is 1.71. The maximum atomic E-state index is 12.2. The number of amides is 1. The van der Waals surface area contributed by atoms with Gasteiger partial charge in [-0.3, -0.25) is 4.79 Å². The molecule has 1 N–H and O–H groups in total. The highest BCUT2D eigenvalue weighted by atomic mass is 35.5. The third kappa shape index (κ3) is 5.06. The quantitative estimate of drug-likeness (QED) is 0.492. The van der Waals surface area contributed by atoms with Gasteiger partial charge < -0.3 is 14.5 Å². The van der Waals surface area contributed by atoms with Crippen LogP contribution in [-0.2, 0) is 4.79 Å². The molecule has 2 heterocycles. The molecule has 1 amide bonds. The predicted molar refractivity (Wildman–Crippen MR) is 118 cm³/mol. The van der Waals surface area contributed by atoms with Gasteiger partial charge in [0.2, 0.25) is 0 Å². The van der Waals surface area contributed by atoms with E-state index in [9.17, 15) is 4.79 Å². The fourth-order valence-corrected chi connectivity index (χ4v) is 4.20. The fourth-order valence-electron chi connectivity index (χ4n) is 2.47. The van der Waals surface area contributed by atoms with E-state index in [1.165, 1.54) is 23.5 Å². The third-order valence-electron chi connectivity index (χ3n) is 3.86. The second-order valence-corrected chi connectivity index (χ2v) is 8.44. The van der Waals surface area contributed by atoms with Gasteiger partial charge in [-0.25, -0.2) is 4.99 Å². The number of benzene rings is 2. The van der Waals surface area contributed by atoms with Crippen LogP contribution in [0.2, 0.25) is 5.02 Å². The Balaban J connectivity index is 1.45. The number of carbonyl (C=O) groups is 1. The molecule has 1 aliphatic heterocycles. The minimum Gasteiger partial charge on any atom is -0.497 e. The Bertz CT molecular complexity index is 1090. The van der Waals surface area contributed by atoms with Crippen LogP contribution >= 0.6 is 35.1 Å². The summed E-state index contributed by atoms with van der Waals surface area (Å²) in [5, 5.41) is 4.71. The molecule has 0 atom stereocenters. The molecule has 8 heteroatoms. The molecule has 0 aliphatic carbocycles. The summed E-state index contributed by atoms with van der Waals surface area (Å²) in [5.74, 6) is 1.15. The molecule has 1 saturated heterocycles. The Morgan fingerprint density at radius 3 is 2.59 bits per heavy atom. The van der Waals surface area contributed by atoms with Gasteiger partial charge in [-0.2, -0.15) is 0 Å². The fraction of sp³-hybridized carbons (Fsp3) is 0.0476. The van der Waals surface area contributed by atoms with E-state index in [-0.39, 0.29) is 5.91 Å². The Morgan fingerprint density at radius 2 is 1.86 bits per heavy atom. The van der Waals surface area contributed by atoms with Gasteiger partial charge in [-0.05, 0) is 72.4 Å². The van der Waals surface area contributed by atoms with Crippen molar-refractivity contribution in [3.8, 4) is 5.75 Å². The highest BCUT2D eigenvalue weighted by molar-refractivity contribution is 8.18. The van der Waals surface area contributed by atoms with Crippen LogP contribution in [0.5, 0.6) is 5.75 Å². The lowest BCUT2D eigenvalue weighted by Gasteiger charge is -1.99. The molecular weight excluding hydrogens is 428 g/mol. The summed E-state index contributed by atoms with van der Waals surface area (Å²) in [7, 11) is 1.61. The Kier molecular flexibility index (Phi) is 5.99. The number of hydrogen-bond donors (Lipinski definition) is 1. The van der Waals surface area contributed by atoms with E-state index < -0.39 is 0 Å². The summed E-state index contributed by atoms with van der Waals surface area (Å²) >= 11 is 8.66. The molecule has 5 nitrogen and oxygen atoms in total. The van der Waals surface area contributed by atoms with E-state index >= 15 is 0 Å². The normalized spacial score (nSPS) is 16.4. The van der Waals surface area contributed by atoms with Crippen molar-refractivity contribution in [3.05, 3.63) is 76.4 Å². The monoisotopic (exact) mass is 442 g/mol. The second-order valence-electron chi connectivity index (χ2n) is 5.89. The van der Waals surface area contributed by atoms with E-state index in [2.05, 4.69) is 10.3 Å². The molecule has 4 rings (SSSR count). The van der Waals surface area contributed by atoms with Gasteiger partial charge in [0.15, 0.2) is 10.3 Å². The number of halogens is 1. The lowest BCUT2D eigenvalue weighted by Crippen LogP contribution is -2.19. The van der Waals surface area contributed by atoms with Gasteiger partial charge in [0.1, 0.15) is 11.5 Å². The number of carbonyl (C=O) groups excluding carboxylic acids is 1. The molecule has 1 aliphatic rings. The first-order valence-corrected chi connectivity index (χ1v) is 10.6. The summed E-state index contributed by atoms with van der Waals surface area (Å²) in [6, 6.07) is 18.5. The van der Waals surface area contributed by atoms with Crippen LogP contribution in [0, 0.1) is 0 Å². The maximum absolute atomic E-state index is 12.2. The van der Waals surface area contributed by atoms with E-state index in [4.69, 9.17) is 20.8 Å². The molecule has 0 spiro atoms. The lowest BCUT2D eigenvalue weighted by atomic mass is 10.3. The Labute approximate surface area is 181 Å². The van der Waals surface area contributed by atoms with Gasteiger partial charge in [0, 0.05) is 16.0 Å². The van der Waals surface area contributed by atoms with Crippen LogP contribution in [0.1, 0.15) is 5.76 Å². The van der Waals surface area contributed by atoms with Crippen molar-refractivity contribution >= 4 is 58.0 Å². The number of thioether (sulfide) groups is 1. The Morgan fingerprint density at radius 1 is 1.10 bits per heavy atom. The van der Waals surface area contributed by atoms with E-state index in [0.717, 1.165) is 21.4 Å². The summed E-state index contributed by atoms with van der Waals surface area (Å²) < 4.78 is 10.9. The van der Waals surface area contributed by atoms with Crippen molar-refractivity contribution in [2.45, 2.75) is 9.99 Å². The summed E-state index contributed by atoms with van der Waals surface area (Å²) in [4.78, 5) is 18.2. The van der Waals surface area contributed by atoms with Gasteiger partial charge in [0.25, 0.3) is 5.91 Å². The number of hydrogen-bond acceptors (Lipinski definition) is 6. The van der Waals surface area contributed by atoms with Crippen molar-refractivity contribution in [1.29, 1.82) is 0 Å². The zero-order chi connectivity index (χ0) is 20.2. The van der Waals surface area contributed by atoms with Crippen LogP contribution in [0.4, 0.5) is 5.69 Å². The number of amidine groups is 1.